The predicted molar refractivity (Wildman–Crippen MR) is 86.8 cm³/mol. The summed E-state index contributed by atoms with van der Waals surface area (Å²) in [6.07, 6.45) is -0.00857. The van der Waals surface area contributed by atoms with E-state index in [-0.39, 0.29) is 12.4 Å². The Balaban J connectivity index is 2.00. The summed E-state index contributed by atoms with van der Waals surface area (Å²) in [6.45, 7) is 0.686. The molecule has 0 amide bonds. The summed E-state index contributed by atoms with van der Waals surface area (Å²) >= 11 is 0. The molecule has 0 saturated carbocycles. The van der Waals surface area contributed by atoms with Gasteiger partial charge in [-0.05, 0) is 24.1 Å². The second-order valence-electron chi connectivity index (χ2n) is 5.13. The number of ketones is 1. The Morgan fingerprint density at radius 2 is 1.35 bits per heavy atom. The van der Waals surface area contributed by atoms with E-state index in [0.717, 1.165) is 17.5 Å². The lowest BCUT2D eigenvalue weighted by atomic mass is 10.00. The number of rotatable bonds is 7. The zero-order valence-corrected chi connectivity index (χ0v) is 12.7. The Labute approximate surface area is 134 Å². The van der Waals surface area contributed by atoms with E-state index in [2.05, 4.69) is 4.74 Å². The van der Waals surface area contributed by atoms with Gasteiger partial charge in [-0.3, -0.25) is 4.79 Å². The molecule has 0 unspecified atom stereocenters. The van der Waals surface area contributed by atoms with Crippen molar-refractivity contribution < 1.29 is 19.4 Å². The quantitative estimate of drug-likeness (QED) is 0.606. The van der Waals surface area contributed by atoms with Gasteiger partial charge < -0.3 is 15.6 Å². The van der Waals surface area contributed by atoms with E-state index in [1.807, 2.05) is 24.3 Å². The molecular weight excluding hydrogens is 294 g/mol. The van der Waals surface area contributed by atoms with Crippen LogP contribution in [-0.4, -0.2) is 30.2 Å². The highest BCUT2D eigenvalue weighted by Crippen LogP contribution is 2.13. The maximum Gasteiger partial charge on any atom is 0.505 e. The zero-order valence-electron chi connectivity index (χ0n) is 12.7. The Hall–Kier alpha value is -2.66. The van der Waals surface area contributed by atoms with Crippen LogP contribution in [0.4, 0.5) is 4.79 Å². The van der Waals surface area contributed by atoms with E-state index in [1.54, 1.807) is 24.3 Å². The molecule has 0 aliphatic heterocycles. The van der Waals surface area contributed by atoms with E-state index >= 15 is 0 Å². The number of hydrogen-bond donors (Lipinski definition) is 2. The van der Waals surface area contributed by atoms with Crippen LogP contribution in [0.2, 0.25) is 0 Å². The van der Waals surface area contributed by atoms with E-state index in [0.29, 0.717) is 24.1 Å². The van der Waals surface area contributed by atoms with Crippen LogP contribution in [0.1, 0.15) is 27.0 Å². The molecule has 0 fully saturated rings. The van der Waals surface area contributed by atoms with Crippen LogP contribution >= 0.6 is 0 Å². The molecular formula is C18H19NO4. The monoisotopic (exact) mass is 313 g/mol. The summed E-state index contributed by atoms with van der Waals surface area (Å²) < 4.78 is 4.46. The lowest BCUT2D eigenvalue weighted by molar-refractivity contribution is 0.0926. The molecule has 2 aromatic rings. The first kappa shape index (κ1) is 16.7. The van der Waals surface area contributed by atoms with Gasteiger partial charge in [0.15, 0.2) is 5.78 Å². The molecule has 0 aromatic heterocycles. The average molecular weight is 313 g/mol. The molecule has 0 aliphatic rings. The van der Waals surface area contributed by atoms with Crippen LogP contribution in [0.5, 0.6) is 0 Å². The van der Waals surface area contributed by atoms with Crippen molar-refractivity contribution in [2.24, 2.45) is 5.73 Å². The molecule has 5 heteroatoms. The first-order valence-corrected chi connectivity index (χ1v) is 7.38. The van der Waals surface area contributed by atoms with Gasteiger partial charge in [-0.15, -0.1) is 0 Å². The number of carboxylic acid groups (broad SMARTS) is 1. The molecule has 0 saturated heterocycles. The van der Waals surface area contributed by atoms with Gasteiger partial charge in [-0.25, -0.2) is 4.79 Å². The van der Waals surface area contributed by atoms with Crippen LogP contribution < -0.4 is 5.73 Å². The lowest BCUT2D eigenvalue weighted by Crippen LogP contribution is -2.06. The normalized spacial score (nSPS) is 10.3. The Bertz CT molecular complexity index is 662. The number of benzene rings is 2. The van der Waals surface area contributed by atoms with Gasteiger partial charge in [0.2, 0.25) is 0 Å². The number of carbonyl (C=O) groups is 2. The molecule has 3 N–H and O–H groups in total. The number of hydrogen-bond acceptors (Lipinski definition) is 4. The minimum Gasteiger partial charge on any atom is -0.450 e. The highest BCUT2D eigenvalue weighted by atomic mass is 16.7. The molecule has 0 bridgehead atoms. The summed E-state index contributed by atoms with van der Waals surface area (Å²) in [5.41, 5.74) is 8.76. The number of ether oxygens (including phenoxy) is 1. The first-order valence-electron chi connectivity index (χ1n) is 7.38. The van der Waals surface area contributed by atoms with Gasteiger partial charge in [0.25, 0.3) is 0 Å². The highest BCUT2D eigenvalue weighted by Gasteiger charge is 2.09. The minimum absolute atomic E-state index is 0.0439. The Kier molecular flexibility index (Phi) is 5.88. The van der Waals surface area contributed by atoms with Gasteiger partial charge in [0.05, 0.1) is 6.61 Å². The number of carbonyl (C=O) groups excluding carboxylic acids is 1. The minimum atomic E-state index is -1.28. The molecule has 23 heavy (non-hydrogen) atoms. The molecule has 0 atom stereocenters. The largest absolute Gasteiger partial charge is 0.505 e. The van der Waals surface area contributed by atoms with Gasteiger partial charge >= 0.3 is 6.16 Å². The third kappa shape index (κ3) is 4.93. The van der Waals surface area contributed by atoms with Crippen molar-refractivity contribution in [2.75, 3.05) is 13.2 Å². The molecule has 5 nitrogen and oxygen atoms in total. The number of nitrogens with two attached hydrogens (primary N) is 1. The van der Waals surface area contributed by atoms with Crippen molar-refractivity contribution >= 4 is 11.9 Å². The first-order chi connectivity index (χ1) is 11.1. The van der Waals surface area contributed by atoms with Crippen molar-refractivity contribution in [3.8, 4) is 0 Å². The zero-order chi connectivity index (χ0) is 16.7. The molecule has 0 radical (unpaired) electrons. The van der Waals surface area contributed by atoms with Crippen LogP contribution in [0.3, 0.4) is 0 Å². The predicted octanol–water partition coefficient (Wildman–Crippen LogP) is 2.66. The van der Waals surface area contributed by atoms with Gasteiger partial charge in [-0.2, -0.15) is 0 Å². The molecule has 0 aliphatic carbocycles. The second-order valence-corrected chi connectivity index (χ2v) is 5.13. The Morgan fingerprint density at radius 1 is 0.870 bits per heavy atom. The smallest absolute Gasteiger partial charge is 0.450 e. The van der Waals surface area contributed by atoms with Gasteiger partial charge in [0, 0.05) is 17.5 Å². The van der Waals surface area contributed by atoms with Gasteiger partial charge in [0.1, 0.15) is 0 Å². The van der Waals surface area contributed by atoms with E-state index in [1.165, 1.54) is 0 Å². The fraction of sp³-hybridized carbons (Fsp3) is 0.222. The summed E-state index contributed by atoms with van der Waals surface area (Å²) in [7, 11) is 0. The average Bonchev–Trinajstić information content (AvgIpc) is 2.55. The Morgan fingerprint density at radius 3 is 1.78 bits per heavy atom. The van der Waals surface area contributed by atoms with Crippen LogP contribution in [-0.2, 0) is 17.6 Å². The fourth-order valence-corrected chi connectivity index (χ4v) is 2.24. The standard InChI is InChI=1S/C18H19NO4/c19-11-9-13-1-5-15(6-2-13)17(20)16-7-3-14(4-8-16)10-12-23-18(21)22/h1-8H,9-12,19H2,(H,21,22). The summed E-state index contributed by atoms with van der Waals surface area (Å²) in [5, 5.41) is 8.41. The summed E-state index contributed by atoms with van der Waals surface area (Å²) in [5.74, 6) is -0.0439. The maximum atomic E-state index is 12.4. The third-order valence-corrected chi connectivity index (χ3v) is 3.48. The molecule has 0 spiro atoms. The maximum absolute atomic E-state index is 12.4. The van der Waals surface area contributed by atoms with Crippen LogP contribution in [0.25, 0.3) is 0 Å². The molecule has 2 rings (SSSR count). The van der Waals surface area contributed by atoms with Gasteiger partial charge in [-0.1, -0.05) is 48.5 Å². The fourth-order valence-electron chi connectivity index (χ4n) is 2.24. The van der Waals surface area contributed by atoms with E-state index < -0.39 is 6.16 Å². The van der Waals surface area contributed by atoms with Crippen molar-refractivity contribution in [1.82, 2.24) is 0 Å². The highest BCUT2D eigenvalue weighted by molar-refractivity contribution is 6.08. The molecule has 2 aromatic carbocycles. The summed E-state index contributed by atoms with van der Waals surface area (Å²) in [4.78, 5) is 22.7. The lowest BCUT2D eigenvalue weighted by Gasteiger charge is -2.05. The third-order valence-electron chi connectivity index (χ3n) is 3.48. The van der Waals surface area contributed by atoms with Crippen molar-refractivity contribution in [3.05, 3.63) is 70.8 Å². The van der Waals surface area contributed by atoms with Crippen molar-refractivity contribution in [1.29, 1.82) is 0 Å². The molecule has 0 heterocycles. The van der Waals surface area contributed by atoms with Crippen molar-refractivity contribution in [2.45, 2.75) is 12.8 Å². The van der Waals surface area contributed by atoms with Crippen molar-refractivity contribution in [3.63, 3.8) is 0 Å². The van der Waals surface area contributed by atoms with E-state index in [4.69, 9.17) is 10.8 Å². The summed E-state index contributed by atoms with van der Waals surface area (Å²) in [6, 6.07) is 14.5. The SMILES string of the molecule is NCCc1ccc(C(=O)c2ccc(CCOC(=O)O)cc2)cc1. The van der Waals surface area contributed by atoms with Crippen LogP contribution in [0, 0.1) is 0 Å². The van der Waals surface area contributed by atoms with Crippen LogP contribution in [0.15, 0.2) is 48.5 Å². The topological polar surface area (TPSA) is 89.6 Å². The van der Waals surface area contributed by atoms with E-state index in [9.17, 15) is 9.59 Å². The second kappa shape index (κ2) is 8.10. The molecule has 120 valence electrons.